The van der Waals surface area contributed by atoms with Crippen molar-refractivity contribution in [1.29, 1.82) is 0 Å². The van der Waals surface area contributed by atoms with Crippen molar-refractivity contribution in [2.45, 2.75) is 51.0 Å². The molecule has 3 fully saturated rings. The molecule has 2 atom stereocenters. The predicted octanol–water partition coefficient (Wildman–Crippen LogP) is 1.53. The minimum absolute atomic E-state index is 0.207. The largest absolute Gasteiger partial charge is 0.381 e. The van der Waals surface area contributed by atoms with Crippen molar-refractivity contribution in [3.8, 4) is 0 Å². The van der Waals surface area contributed by atoms with Crippen LogP contribution in [0.1, 0.15) is 44.9 Å². The Morgan fingerprint density at radius 3 is 2.37 bits per heavy atom. The molecule has 3 aliphatic rings. The molecule has 1 spiro atoms. The molecule has 0 bridgehead atoms. The highest BCUT2D eigenvalue weighted by Crippen LogP contribution is 2.41. The van der Waals surface area contributed by atoms with Crippen molar-refractivity contribution in [3.05, 3.63) is 0 Å². The Morgan fingerprint density at radius 1 is 1.11 bits per heavy atom. The average molecular weight is 266 g/mol. The first-order chi connectivity index (χ1) is 9.19. The van der Waals surface area contributed by atoms with Crippen molar-refractivity contribution >= 4 is 5.91 Å². The Kier molecular flexibility index (Phi) is 3.81. The number of rotatable bonds is 1. The zero-order valence-corrected chi connectivity index (χ0v) is 11.8. The number of carbonyl (C=O) groups is 1. The van der Waals surface area contributed by atoms with Gasteiger partial charge in [0, 0.05) is 38.3 Å². The normalized spacial score (nSPS) is 34.7. The van der Waals surface area contributed by atoms with Crippen LogP contribution < -0.4 is 5.73 Å². The number of hydrogen-bond acceptors (Lipinski definition) is 3. The van der Waals surface area contributed by atoms with Crippen molar-refractivity contribution in [1.82, 2.24) is 4.90 Å². The van der Waals surface area contributed by atoms with E-state index >= 15 is 0 Å². The van der Waals surface area contributed by atoms with Gasteiger partial charge in [-0.05, 0) is 50.4 Å². The van der Waals surface area contributed by atoms with Crippen LogP contribution in [0, 0.1) is 11.3 Å². The highest BCUT2D eigenvalue weighted by molar-refractivity contribution is 5.79. The van der Waals surface area contributed by atoms with E-state index in [2.05, 4.69) is 4.90 Å². The minimum atomic E-state index is 0.207. The Labute approximate surface area is 115 Å². The SMILES string of the molecule is N[C@@H]1CC[C@H](C(=O)N2CCC3(CCOCC3)CC2)C1. The van der Waals surface area contributed by atoms with Crippen molar-refractivity contribution in [2.24, 2.45) is 17.1 Å². The van der Waals surface area contributed by atoms with E-state index in [-0.39, 0.29) is 12.0 Å². The summed E-state index contributed by atoms with van der Waals surface area (Å²) in [6.45, 7) is 3.71. The molecule has 4 heteroatoms. The molecule has 1 amide bonds. The summed E-state index contributed by atoms with van der Waals surface area (Å²) in [7, 11) is 0. The first kappa shape index (κ1) is 13.4. The smallest absolute Gasteiger partial charge is 0.225 e. The van der Waals surface area contributed by atoms with E-state index in [1.54, 1.807) is 0 Å². The average Bonchev–Trinajstić information content (AvgIpc) is 2.87. The lowest BCUT2D eigenvalue weighted by molar-refractivity contribution is -0.138. The molecule has 0 unspecified atom stereocenters. The van der Waals surface area contributed by atoms with Gasteiger partial charge in [0.25, 0.3) is 0 Å². The molecule has 1 saturated carbocycles. The second-order valence-electron chi connectivity index (χ2n) is 6.71. The molecule has 2 N–H and O–H groups in total. The summed E-state index contributed by atoms with van der Waals surface area (Å²) in [5.41, 5.74) is 6.39. The molecule has 108 valence electrons. The van der Waals surface area contributed by atoms with Crippen LogP contribution in [-0.2, 0) is 9.53 Å². The van der Waals surface area contributed by atoms with E-state index in [4.69, 9.17) is 10.5 Å². The molecule has 0 aromatic heterocycles. The van der Waals surface area contributed by atoms with Crippen LogP contribution in [0.25, 0.3) is 0 Å². The molecule has 2 saturated heterocycles. The number of likely N-dealkylation sites (tertiary alicyclic amines) is 1. The topological polar surface area (TPSA) is 55.6 Å². The van der Waals surface area contributed by atoms with Crippen LogP contribution in [0.4, 0.5) is 0 Å². The van der Waals surface area contributed by atoms with E-state index in [9.17, 15) is 4.79 Å². The Balaban J connectivity index is 1.53. The molecule has 0 aromatic rings. The summed E-state index contributed by atoms with van der Waals surface area (Å²) in [6, 6.07) is 0.251. The van der Waals surface area contributed by atoms with Gasteiger partial charge in [-0.3, -0.25) is 4.79 Å². The number of nitrogens with two attached hydrogens (primary N) is 1. The van der Waals surface area contributed by atoms with Crippen LogP contribution in [0.15, 0.2) is 0 Å². The van der Waals surface area contributed by atoms with Crippen molar-refractivity contribution in [3.63, 3.8) is 0 Å². The van der Waals surface area contributed by atoms with Gasteiger partial charge in [-0.15, -0.1) is 0 Å². The van der Waals surface area contributed by atoms with Crippen LogP contribution in [0.3, 0.4) is 0 Å². The number of hydrogen-bond donors (Lipinski definition) is 1. The summed E-state index contributed by atoms with van der Waals surface area (Å²) in [6.07, 6.45) is 7.61. The molecule has 0 radical (unpaired) electrons. The Morgan fingerprint density at radius 2 is 1.79 bits per heavy atom. The zero-order chi connectivity index (χ0) is 13.3. The van der Waals surface area contributed by atoms with E-state index in [0.29, 0.717) is 11.3 Å². The summed E-state index contributed by atoms with van der Waals surface area (Å²) in [5, 5.41) is 0. The van der Waals surface area contributed by atoms with Gasteiger partial charge in [0.2, 0.25) is 5.91 Å². The second kappa shape index (κ2) is 5.41. The van der Waals surface area contributed by atoms with E-state index < -0.39 is 0 Å². The van der Waals surface area contributed by atoms with Gasteiger partial charge in [0.05, 0.1) is 0 Å². The third kappa shape index (κ3) is 2.79. The zero-order valence-electron chi connectivity index (χ0n) is 11.8. The van der Waals surface area contributed by atoms with Gasteiger partial charge in [0.1, 0.15) is 0 Å². The third-order valence-electron chi connectivity index (χ3n) is 5.51. The summed E-state index contributed by atoms with van der Waals surface area (Å²) >= 11 is 0. The first-order valence-electron chi connectivity index (χ1n) is 7.81. The molecule has 2 heterocycles. The fourth-order valence-electron chi connectivity index (χ4n) is 4.00. The number of carbonyl (C=O) groups excluding carboxylic acids is 1. The lowest BCUT2D eigenvalue weighted by Gasteiger charge is -2.44. The first-order valence-corrected chi connectivity index (χ1v) is 7.81. The molecule has 4 nitrogen and oxygen atoms in total. The lowest BCUT2D eigenvalue weighted by Crippen LogP contribution is -2.46. The number of nitrogens with zero attached hydrogens (tertiary/aromatic N) is 1. The maximum Gasteiger partial charge on any atom is 0.225 e. The molecular weight excluding hydrogens is 240 g/mol. The maximum atomic E-state index is 12.5. The van der Waals surface area contributed by atoms with Gasteiger partial charge < -0.3 is 15.4 Å². The second-order valence-corrected chi connectivity index (χ2v) is 6.71. The minimum Gasteiger partial charge on any atom is -0.381 e. The van der Waals surface area contributed by atoms with E-state index in [1.807, 2.05) is 0 Å². The maximum absolute atomic E-state index is 12.5. The number of amides is 1. The van der Waals surface area contributed by atoms with Gasteiger partial charge in [0.15, 0.2) is 0 Å². The fourth-order valence-corrected chi connectivity index (χ4v) is 4.00. The molecule has 2 aliphatic heterocycles. The van der Waals surface area contributed by atoms with Crippen LogP contribution in [0.5, 0.6) is 0 Å². The van der Waals surface area contributed by atoms with E-state index in [0.717, 1.165) is 45.6 Å². The number of piperidine rings is 1. The molecule has 1 aliphatic carbocycles. The van der Waals surface area contributed by atoms with Gasteiger partial charge in [-0.1, -0.05) is 0 Å². The summed E-state index contributed by atoms with van der Waals surface area (Å²) in [4.78, 5) is 14.6. The lowest BCUT2D eigenvalue weighted by atomic mass is 9.72. The standard InChI is InChI=1S/C15H26N2O2/c16-13-2-1-12(11-13)14(18)17-7-3-15(4-8-17)5-9-19-10-6-15/h12-13H,1-11,16H2/t12-,13+/m0/s1. The molecule has 3 rings (SSSR count). The molecule has 0 aromatic carbocycles. The van der Waals surface area contributed by atoms with Gasteiger partial charge in [-0.2, -0.15) is 0 Å². The predicted molar refractivity (Wildman–Crippen MR) is 73.6 cm³/mol. The quantitative estimate of drug-likeness (QED) is 0.783. The van der Waals surface area contributed by atoms with Gasteiger partial charge in [-0.25, -0.2) is 0 Å². The van der Waals surface area contributed by atoms with Crippen LogP contribution in [0.2, 0.25) is 0 Å². The molecule has 19 heavy (non-hydrogen) atoms. The fraction of sp³-hybridized carbons (Fsp3) is 0.933. The summed E-state index contributed by atoms with van der Waals surface area (Å²) < 4.78 is 5.47. The van der Waals surface area contributed by atoms with Crippen molar-refractivity contribution in [2.75, 3.05) is 26.3 Å². The Hall–Kier alpha value is -0.610. The van der Waals surface area contributed by atoms with Gasteiger partial charge >= 0.3 is 0 Å². The molecular formula is C15H26N2O2. The third-order valence-corrected chi connectivity index (χ3v) is 5.51. The van der Waals surface area contributed by atoms with E-state index in [1.165, 1.54) is 25.7 Å². The van der Waals surface area contributed by atoms with Crippen LogP contribution >= 0.6 is 0 Å². The monoisotopic (exact) mass is 266 g/mol. The summed E-state index contributed by atoms with van der Waals surface area (Å²) in [5.74, 6) is 0.577. The van der Waals surface area contributed by atoms with Crippen molar-refractivity contribution < 1.29 is 9.53 Å². The van der Waals surface area contributed by atoms with Crippen LogP contribution in [-0.4, -0.2) is 43.2 Å². The number of ether oxygens (including phenoxy) is 1. The highest BCUT2D eigenvalue weighted by atomic mass is 16.5. The Bertz CT molecular complexity index is 329. The highest BCUT2D eigenvalue weighted by Gasteiger charge is 2.39.